The normalized spacial score (nSPS) is 23.6. The average Bonchev–Trinajstić information content (AvgIpc) is 3.26. The van der Waals surface area contributed by atoms with E-state index in [1.807, 2.05) is 20.8 Å². The van der Waals surface area contributed by atoms with Gasteiger partial charge < -0.3 is 19.1 Å². The van der Waals surface area contributed by atoms with Crippen molar-refractivity contribution in [1.29, 1.82) is 0 Å². The van der Waals surface area contributed by atoms with Gasteiger partial charge in [-0.3, -0.25) is 0 Å². The fourth-order valence-corrected chi connectivity index (χ4v) is 4.58. The lowest BCUT2D eigenvalue weighted by Gasteiger charge is -2.43. The van der Waals surface area contributed by atoms with Crippen molar-refractivity contribution < 1.29 is 27.2 Å². The third-order valence-electron chi connectivity index (χ3n) is 6.28. The van der Waals surface area contributed by atoms with Crippen molar-refractivity contribution in [3.05, 3.63) is 47.1 Å². The van der Waals surface area contributed by atoms with Crippen molar-refractivity contribution in [2.24, 2.45) is 0 Å². The van der Waals surface area contributed by atoms with Gasteiger partial charge >= 0.3 is 12.2 Å². The quantitative estimate of drug-likeness (QED) is 0.668. The van der Waals surface area contributed by atoms with Crippen LogP contribution in [0.25, 0.3) is 0 Å². The molecule has 1 aromatic carbocycles. The highest BCUT2D eigenvalue weighted by Gasteiger charge is 2.39. The van der Waals surface area contributed by atoms with E-state index < -0.39 is 17.3 Å². The lowest BCUT2D eigenvalue weighted by atomic mass is 9.84. The number of ether oxygens (including phenoxy) is 1. The largest absolute Gasteiger partial charge is 0.416 e. The summed E-state index contributed by atoms with van der Waals surface area (Å²) in [4.78, 5) is 21.4. The molecule has 10 heteroatoms. The fraction of sp³-hybridized carbons (Fsp3) is 0.609. The summed E-state index contributed by atoms with van der Waals surface area (Å²) >= 11 is 0. The van der Waals surface area contributed by atoms with E-state index in [4.69, 9.17) is 9.26 Å². The number of carbonyl (C=O) groups is 1. The molecule has 4 rings (SSSR count). The van der Waals surface area contributed by atoms with Gasteiger partial charge in [-0.2, -0.15) is 18.2 Å². The fourth-order valence-electron chi connectivity index (χ4n) is 4.58. The molecule has 0 saturated carbocycles. The lowest BCUT2D eigenvalue weighted by molar-refractivity contribution is -0.137. The molecule has 0 bridgehead atoms. The minimum atomic E-state index is -4.39. The topological polar surface area (TPSA) is 71.7 Å². The Morgan fingerprint density at radius 1 is 1.15 bits per heavy atom. The van der Waals surface area contributed by atoms with Crippen molar-refractivity contribution in [3.8, 4) is 0 Å². The van der Waals surface area contributed by atoms with E-state index >= 15 is 0 Å². The van der Waals surface area contributed by atoms with E-state index in [-0.39, 0.29) is 17.9 Å². The van der Waals surface area contributed by atoms with Crippen LogP contribution in [-0.4, -0.2) is 64.4 Å². The number of nitrogens with zero attached hydrogens (tertiary/aromatic N) is 4. The van der Waals surface area contributed by atoms with Crippen molar-refractivity contribution in [2.75, 3.05) is 32.8 Å². The molecule has 2 aliphatic rings. The van der Waals surface area contributed by atoms with E-state index in [0.717, 1.165) is 17.7 Å². The molecule has 180 valence electrons. The number of aromatic nitrogens is 2. The SMILES string of the molecule is CCc1noc(C2CC(c3ccc(C(F)(F)F)cc3)CN(C(=O)N3CCOC(C)(C)C3)C2)n1. The van der Waals surface area contributed by atoms with Crippen LogP contribution in [-0.2, 0) is 17.3 Å². The van der Waals surface area contributed by atoms with Crippen LogP contribution in [0.5, 0.6) is 0 Å². The number of urea groups is 1. The van der Waals surface area contributed by atoms with Crippen molar-refractivity contribution >= 4 is 6.03 Å². The molecule has 2 aromatic rings. The van der Waals surface area contributed by atoms with Gasteiger partial charge in [-0.1, -0.05) is 24.2 Å². The highest BCUT2D eigenvalue weighted by Crippen LogP contribution is 2.37. The van der Waals surface area contributed by atoms with Gasteiger partial charge in [0.25, 0.3) is 0 Å². The average molecular weight is 467 g/mol. The van der Waals surface area contributed by atoms with Crippen LogP contribution in [0.4, 0.5) is 18.0 Å². The summed E-state index contributed by atoms with van der Waals surface area (Å²) in [5.41, 5.74) is -0.368. The number of rotatable bonds is 3. The maximum absolute atomic E-state index is 13.4. The number of carbonyl (C=O) groups excluding carboxylic acids is 1. The van der Waals surface area contributed by atoms with Gasteiger partial charge in [0.15, 0.2) is 5.82 Å². The molecule has 2 saturated heterocycles. The molecule has 2 fully saturated rings. The Morgan fingerprint density at radius 3 is 2.45 bits per heavy atom. The summed E-state index contributed by atoms with van der Waals surface area (Å²) in [6, 6.07) is 5.08. The number of hydrogen-bond acceptors (Lipinski definition) is 5. The number of piperidine rings is 1. The molecule has 0 radical (unpaired) electrons. The van der Waals surface area contributed by atoms with Crippen LogP contribution in [0, 0.1) is 0 Å². The first-order valence-corrected chi connectivity index (χ1v) is 11.2. The molecule has 2 amide bonds. The first-order valence-electron chi connectivity index (χ1n) is 11.2. The Kier molecular flexibility index (Phi) is 6.39. The predicted octanol–water partition coefficient (Wildman–Crippen LogP) is 4.45. The molecule has 2 atom stereocenters. The zero-order valence-electron chi connectivity index (χ0n) is 19.1. The number of alkyl halides is 3. The third kappa shape index (κ3) is 5.31. The van der Waals surface area contributed by atoms with E-state index in [2.05, 4.69) is 10.1 Å². The smallest absolute Gasteiger partial charge is 0.372 e. The minimum Gasteiger partial charge on any atom is -0.372 e. The second-order valence-electron chi connectivity index (χ2n) is 9.37. The summed E-state index contributed by atoms with van der Waals surface area (Å²) in [5, 5.41) is 3.98. The summed E-state index contributed by atoms with van der Waals surface area (Å²) in [5.74, 6) is 0.705. The predicted molar refractivity (Wildman–Crippen MR) is 114 cm³/mol. The summed E-state index contributed by atoms with van der Waals surface area (Å²) in [6.45, 7) is 8.07. The standard InChI is InChI=1S/C23H29F3N4O3/c1-4-19-27-20(33-28-19)17-11-16(15-5-7-18(8-6-15)23(24,25)26)12-30(13-17)21(31)29-9-10-32-22(2,3)14-29/h5-8,16-17H,4,9-14H2,1-3H3. The maximum Gasteiger partial charge on any atom is 0.416 e. The summed E-state index contributed by atoms with van der Waals surface area (Å²) in [6.07, 6.45) is -3.15. The number of morpholine rings is 1. The molecule has 1 aromatic heterocycles. The second-order valence-corrected chi connectivity index (χ2v) is 9.37. The lowest BCUT2D eigenvalue weighted by Crippen LogP contribution is -2.56. The van der Waals surface area contributed by atoms with Crippen LogP contribution in [0.3, 0.4) is 0 Å². The van der Waals surface area contributed by atoms with E-state index in [9.17, 15) is 18.0 Å². The Hall–Kier alpha value is -2.62. The van der Waals surface area contributed by atoms with Crippen LogP contribution in [0.1, 0.15) is 61.9 Å². The Balaban J connectivity index is 1.59. The van der Waals surface area contributed by atoms with Gasteiger partial charge in [0.05, 0.1) is 30.2 Å². The molecule has 0 spiro atoms. The Bertz CT molecular complexity index is 974. The monoisotopic (exact) mass is 466 g/mol. The molecule has 2 unspecified atom stereocenters. The first kappa shape index (κ1) is 23.5. The Morgan fingerprint density at radius 2 is 1.85 bits per heavy atom. The first-order chi connectivity index (χ1) is 15.6. The molecule has 7 nitrogen and oxygen atoms in total. The van der Waals surface area contributed by atoms with Crippen molar-refractivity contribution in [1.82, 2.24) is 19.9 Å². The summed E-state index contributed by atoms with van der Waals surface area (Å²) in [7, 11) is 0. The van der Waals surface area contributed by atoms with Gasteiger partial charge in [0.2, 0.25) is 5.89 Å². The van der Waals surface area contributed by atoms with Gasteiger partial charge in [-0.15, -0.1) is 0 Å². The number of amides is 2. The second kappa shape index (κ2) is 8.96. The molecule has 0 N–H and O–H groups in total. The Labute approximate surface area is 190 Å². The molecule has 3 heterocycles. The van der Waals surface area contributed by atoms with Gasteiger partial charge in [0, 0.05) is 32.0 Å². The maximum atomic E-state index is 13.4. The molecule has 33 heavy (non-hydrogen) atoms. The molecule has 0 aliphatic carbocycles. The van der Waals surface area contributed by atoms with E-state index in [0.29, 0.717) is 57.3 Å². The highest BCUT2D eigenvalue weighted by atomic mass is 19.4. The van der Waals surface area contributed by atoms with Crippen LogP contribution >= 0.6 is 0 Å². The van der Waals surface area contributed by atoms with Crippen LogP contribution in [0.2, 0.25) is 0 Å². The zero-order chi connectivity index (χ0) is 23.8. The van der Waals surface area contributed by atoms with E-state index in [1.54, 1.807) is 9.80 Å². The highest BCUT2D eigenvalue weighted by molar-refractivity contribution is 5.75. The number of halogens is 3. The van der Waals surface area contributed by atoms with E-state index in [1.165, 1.54) is 12.1 Å². The van der Waals surface area contributed by atoms with Crippen LogP contribution < -0.4 is 0 Å². The van der Waals surface area contributed by atoms with Crippen molar-refractivity contribution in [3.63, 3.8) is 0 Å². The number of benzene rings is 1. The van der Waals surface area contributed by atoms with Crippen LogP contribution in [0.15, 0.2) is 28.8 Å². The zero-order valence-corrected chi connectivity index (χ0v) is 19.1. The number of aryl methyl sites for hydroxylation is 1. The minimum absolute atomic E-state index is 0.108. The number of hydrogen-bond donors (Lipinski definition) is 0. The molecular formula is C23H29F3N4O3. The third-order valence-corrected chi connectivity index (χ3v) is 6.28. The number of likely N-dealkylation sites (tertiary alicyclic amines) is 1. The van der Waals surface area contributed by atoms with Gasteiger partial charge in [0.1, 0.15) is 0 Å². The van der Waals surface area contributed by atoms with Gasteiger partial charge in [-0.05, 0) is 38.0 Å². The molecular weight excluding hydrogens is 437 g/mol. The van der Waals surface area contributed by atoms with Crippen molar-refractivity contribution in [2.45, 2.75) is 57.2 Å². The molecule has 2 aliphatic heterocycles. The summed E-state index contributed by atoms with van der Waals surface area (Å²) < 4.78 is 50.3. The van der Waals surface area contributed by atoms with Gasteiger partial charge in [-0.25, -0.2) is 4.79 Å².